The number of piperidine rings is 1. The van der Waals surface area contributed by atoms with Gasteiger partial charge in [0.05, 0.1) is 32.7 Å². The Hall–Kier alpha value is -2.08. The van der Waals surface area contributed by atoms with Crippen LogP contribution in [0, 0.1) is 5.92 Å². The summed E-state index contributed by atoms with van der Waals surface area (Å²) < 4.78 is 11.9. The van der Waals surface area contributed by atoms with Crippen LogP contribution in [0.25, 0.3) is 0 Å². The lowest BCUT2D eigenvalue weighted by molar-refractivity contribution is -0.189. The maximum Gasteiger partial charge on any atom is 0.227 e. The van der Waals surface area contributed by atoms with Gasteiger partial charge in [0.2, 0.25) is 11.8 Å². The summed E-state index contributed by atoms with van der Waals surface area (Å²) in [5.41, 5.74) is 2.14. The number of ether oxygens (including phenoxy) is 2. The predicted octanol–water partition coefficient (Wildman–Crippen LogP) is 2.57. The van der Waals surface area contributed by atoms with Gasteiger partial charge in [0.1, 0.15) is 11.4 Å². The van der Waals surface area contributed by atoms with Gasteiger partial charge in [-0.25, -0.2) is 0 Å². The second kappa shape index (κ2) is 8.22. The van der Waals surface area contributed by atoms with Gasteiger partial charge in [-0.05, 0) is 55.7 Å². The maximum absolute atomic E-state index is 12.7. The molecule has 2 amide bonds. The number of hydrogen-bond acceptors (Lipinski definition) is 4. The fourth-order valence-electron chi connectivity index (χ4n) is 5.31. The Labute approximate surface area is 178 Å². The van der Waals surface area contributed by atoms with Gasteiger partial charge in [-0.1, -0.05) is 12.1 Å². The van der Waals surface area contributed by atoms with Crippen molar-refractivity contribution in [2.75, 3.05) is 39.4 Å². The zero-order valence-corrected chi connectivity index (χ0v) is 17.7. The molecule has 3 fully saturated rings. The quantitative estimate of drug-likeness (QED) is 0.763. The first-order valence-corrected chi connectivity index (χ1v) is 11.5. The van der Waals surface area contributed by atoms with Crippen LogP contribution in [-0.2, 0) is 27.2 Å². The highest BCUT2D eigenvalue weighted by Crippen LogP contribution is 2.37. The van der Waals surface area contributed by atoms with Gasteiger partial charge >= 0.3 is 0 Å². The highest BCUT2D eigenvalue weighted by Gasteiger charge is 2.48. The molecule has 30 heavy (non-hydrogen) atoms. The molecule has 4 aliphatic rings. The van der Waals surface area contributed by atoms with E-state index in [1.54, 1.807) is 0 Å². The van der Waals surface area contributed by atoms with Crippen LogP contribution < -0.4 is 4.74 Å². The van der Waals surface area contributed by atoms with E-state index in [1.807, 2.05) is 21.9 Å². The van der Waals surface area contributed by atoms with Crippen molar-refractivity contribution in [3.63, 3.8) is 0 Å². The summed E-state index contributed by atoms with van der Waals surface area (Å²) in [6.07, 6.45) is 7.44. The molecule has 4 heterocycles. The fourth-order valence-corrected chi connectivity index (χ4v) is 5.31. The third-order valence-electron chi connectivity index (χ3n) is 7.17. The molecule has 1 aromatic carbocycles. The average Bonchev–Trinajstić information content (AvgIpc) is 2.74. The van der Waals surface area contributed by atoms with E-state index in [-0.39, 0.29) is 11.5 Å². The van der Waals surface area contributed by atoms with Crippen molar-refractivity contribution in [2.45, 2.75) is 57.0 Å². The molecule has 162 valence electrons. The third kappa shape index (κ3) is 4.07. The number of fused-ring (bicyclic) bond motifs is 1. The van der Waals surface area contributed by atoms with Gasteiger partial charge in [-0.3, -0.25) is 9.59 Å². The molecule has 1 atom stereocenters. The van der Waals surface area contributed by atoms with Crippen molar-refractivity contribution in [3.8, 4) is 5.75 Å². The molecular formula is C24H32N2O4. The number of likely N-dealkylation sites (tertiary alicyclic amines) is 2. The van der Waals surface area contributed by atoms with Crippen LogP contribution in [0.5, 0.6) is 5.75 Å². The van der Waals surface area contributed by atoms with E-state index in [9.17, 15) is 9.59 Å². The highest BCUT2D eigenvalue weighted by molar-refractivity contribution is 5.80. The van der Waals surface area contributed by atoms with Crippen molar-refractivity contribution in [3.05, 3.63) is 29.3 Å². The summed E-state index contributed by atoms with van der Waals surface area (Å²) in [4.78, 5) is 28.7. The van der Waals surface area contributed by atoms with Gasteiger partial charge in [0, 0.05) is 25.4 Å². The molecule has 0 saturated carbocycles. The maximum atomic E-state index is 12.7. The minimum absolute atomic E-state index is 0.151. The Bertz CT molecular complexity index is 807. The normalized spacial score (nSPS) is 25.5. The van der Waals surface area contributed by atoms with Gasteiger partial charge in [-0.2, -0.15) is 0 Å². The molecule has 0 N–H and O–H groups in total. The standard InChI is InChI=1S/C24H32N2O4/c27-22-5-1-2-10-25(22)14-19-8-9-24(30-15-19)16-26(17-24)23(28)13-18-6-7-21-20(12-18)4-3-11-29-21/h6-7,12,19H,1-5,8-11,13-17H2. The summed E-state index contributed by atoms with van der Waals surface area (Å²) in [6.45, 7) is 4.63. The molecule has 5 rings (SSSR count). The van der Waals surface area contributed by atoms with Crippen LogP contribution in [0.2, 0.25) is 0 Å². The van der Waals surface area contributed by atoms with Crippen molar-refractivity contribution < 1.29 is 19.1 Å². The molecule has 6 nitrogen and oxygen atoms in total. The van der Waals surface area contributed by atoms with Crippen LogP contribution in [0.1, 0.15) is 49.7 Å². The number of rotatable bonds is 4. The van der Waals surface area contributed by atoms with E-state index in [0.717, 1.165) is 69.5 Å². The summed E-state index contributed by atoms with van der Waals surface area (Å²) in [5.74, 6) is 1.88. The zero-order valence-electron chi connectivity index (χ0n) is 17.7. The second-order valence-corrected chi connectivity index (χ2v) is 9.52. The lowest BCUT2D eigenvalue weighted by atomic mass is 9.82. The summed E-state index contributed by atoms with van der Waals surface area (Å²) in [5, 5.41) is 0. The van der Waals surface area contributed by atoms with Gasteiger partial charge in [-0.15, -0.1) is 0 Å². The van der Waals surface area contributed by atoms with Crippen LogP contribution in [0.3, 0.4) is 0 Å². The topological polar surface area (TPSA) is 59.1 Å². The Balaban J connectivity index is 1.09. The average molecular weight is 413 g/mol. The van der Waals surface area contributed by atoms with E-state index in [1.165, 1.54) is 5.56 Å². The van der Waals surface area contributed by atoms with Crippen LogP contribution in [0.15, 0.2) is 18.2 Å². The molecule has 1 spiro atoms. The molecular weight excluding hydrogens is 380 g/mol. The largest absolute Gasteiger partial charge is 0.493 e. The minimum atomic E-state index is -0.151. The van der Waals surface area contributed by atoms with E-state index in [0.29, 0.717) is 44.4 Å². The van der Waals surface area contributed by atoms with Gasteiger partial charge in [0.15, 0.2) is 0 Å². The number of carbonyl (C=O) groups excluding carboxylic acids is 2. The Morgan fingerprint density at radius 2 is 2.07 bits per heavy atom. The molecule has 0 bridgehead atoms. The number of carbonyl (C=O) groups is 2. The molecule has 0 radical (unpaired) electrons. The Kier molecular flexibility index (Phi) is 5.44. The van der Waals surface area contributed by atoms with E-state index >= 15 is 0 Å². The lowest BCUT2D eigenvalue weighted by Gasteiger charge is -2.53. The molecule has 3 saturated heterocycles. The number of amides is 2. The monoisotopic (exact) mass is 412 g/mol. The summed E-state index contributed by atoms with van der Waals surface area (Å²) in [7, 11) is 0. The number of nitrogens with zero attached hydrogens (tertiary/aromatic N) is 2. The van der Waals surface area contributed by atoms with Crippen molar-refractivity contribution in [2.24, 2.45) is 5.92 Å². The van der Waals surface area contributed by atoms with Gasteiger partial charge in [0.25, 0.3) is 0 Å². The molecule has 1 unspecified atom stereocenters. The third-order valence-corrected chi connectivity index (χ3v) is 7.17. The van der Waals surface area contributed by atoms with Gasteiger partial charge < -0.3 is 19.3 Å². The Morgan fingerprint density at radius 1 is 1.17 bits per heavy atom. The molecule has 1 aromatic rings. The van der Waals surface area contributed by atoms with Crippen LogP contribution >= 0.6 is 0 Å². The first-order valence-electron chi connectivity index (χ1n) is 11.5. The summed E-state index contributed by atoms with van der Waals surface area (Å²) >= 11 is 0. The van der Waals surface area contributed by atoms with Crippen LogP contribution in [-0.4, -0.2) is 66.6 Å². The minimum Gasteiger partial charge on any atom is -0.493 e. The second-order valence-electron chi connectivity index (χ2n) is 9.52. The molecule has 4 aliphatic heterocycles. The van der Waals surface area contributed by atoms with E-state index in [4.69, 9.17) is 9.47 Å². The lowest BCUT2D eigenvalue weighted by Crippen LogP contribution is -2.66. The number of benzene rings is 1. The first-order chi connectivity index (χ1) is 14.6. The molecule has 0 aromatic heterocycles. The van der Waals surface area contributed by atoms with Crippen molar-refractivity contribution in [1.82, 2.24) is 9.80 Å². The Morgan fingerprint density at radius 3 is 2.87 bits per heavy atom. The smallest absolute Gasteiger partial charge is 0.227 e. The molecule has 6 heteroatoms. The summed E-state index contributed by atoms with van der Waals surface area (Å²) in [6, 6.07) is 6.15. The predicted molar refractivity (Wildman–Crippen MR) is 112 cm³/mol. The van der Waals surface area contributed by atoms with Crippen LogP contribution in [0.4, 0.5) is 0 Å². The van der Waals surface area contributed by atoms with E-state index < -0.39 is 0 Å². The SMILES string of the molecule is O=C1CCCCN1CC1CCC2(CN(C(=O)Cc3ccc4c(c3)CCCO4)C2)OC1. The van der Waals surface area contributed by atoms with E-state index in [2.05, 4.69) is 6.07 Å². The van der Waals surface area contributed by atoms with Crippen molar-refractivity contribution >= 4 is 11.8 Å². The number of aryl methyl sites for hydroxylation is 1. The zero-order chi connectivity index (χ0) is 20.6. The first kappa shape index (κ1) is 19.9. The fraction of sp³-hybridized carbons (Fsp3) is 0.667. The molecule has 0 aliphatic carbocycles. The number of hydrogen-bond donors (Lipinski definition) is 0. The highest BCUT2D eigenvalue weighted by atomic mass is 16.5. The van der Waals surface area contributed by atoms with Crippen molar-refractivity contribution in [1.29, 1.82) is 0 Å².